The third-order valence-corrected chi connectivity index (χ3v) is 8.42. The van der Waals surface area contributed by atoms with E-state index in [0.717, 1.165) is 28.3 Å². The van der Waals surface area contributed by atoms with Gasteiger partial charge in [-0.2, -0.15) is 18.4 Å². The molecule has 1 unspecified atom stereocenters. The molecule has 0 amide bonds. The van der Waals surface area contributed by atoms with Gasteiger partial charge in [0.2, 0.25) is 0 Å². The maximum atomic E-state index is 14.2. The van der Waals surface area contributed by atoms with E-state index >= 15 is 0 Å². The van der Waals surface area contributed by atoms with Crippen molar-refractivity contribution in [3.05, 3.63) is 115 Å². The van der Waals surface area contributed by atoms with Crippen LogP contribution in [-0.4, -0.2) is 5.78 Å². The molecule has 1 aliphatic heterocycles. The molecule has 0 saturated heterocycles. The Labute approximate surface area is 257 Å². The summed E-state index contributed by atoms with van der Waals surface area (Å²) in [6, 6.07) is 14.7. The molecule has 0 fully saturated rings. The monoisotopic (exact) mass is 625 g/mol. The first-order valence-corrected chi connectivity index (χ1v) is 14.4. The molecule has 1 atom stereocenters. The number of nitriles is 1. The Hall–Kier alpha value is -3.93. The number of ether oxygens (including phenoxy) is 1. The van der Waals surface area contributed by atoms with Crippen LogP contribution in [0.1, 0.15) is 58.6 Å². The molecule has 5 rings (SSSR count). The lowest BCUT2D eigenvalue weighted by Crippen LogP contribution is -2.39. The van der Waals surface area contributed by atoms with Crippen LogP contribution in [-0.2, 0) is 17.6 Å². The molecule has 43 heavy (non-hydrogen) atoms. The summed E-state index contributed by atoms with van der Waals surface area (Å²) in [6.07, 6.45) is -3.79. The van der Waals surface area contributed by atoms with Gasteiger partial charge in [0.25, 0.3) is 0 Å². The molecule has 1 aliphatic carbocycles. The summed E-state index contributed by atoms with van der Waals surface area (Å²) in [4.78, 5) is 14.8. The van der Waals surface area contributed by atoms with Gasteiger partial charge in [0.05, 0.1) is 28.8 Å². The van der Waals surface area contributed by atoms with Gasteiger partial charge in [-0.15, -0.1) is 0 Å². The van der Waals surface area contributed by atoms with Gasteiger partial charge in [-0.1, -0.05) is 40.9 Å². The van der Waals surface area contributed by atoms with Crippen LogP contribution in [0.15, 0.2) is 71.2 Å². The predicted octanol–water partition coefficient (Wildman–Crippen LogP) is 8.82. The van der Waals surface area contributed by atoms with E-state index in [9.17, 15) is 23.2 Å². The fourth-order valence-corrected chi connectivity index (χ4v) is 6.35. The molecule has 2 aliphatic rings. The van der Waals surface area contributed by atoms with Gasteiger partial charge in [0, 0.05) is 27.7 Å². The van der Waals surface area contributed by atoms with Crippen LogP contribution >= 0.6 is 23.2 Å². The number of nitrogens with zero attached hydrogens (tertiary/aromatic N) is 2. The number of halogens is 5. The Balaban J connectivity index is 1.67. The van der Waals surface area contributed by atoms with Crippen molar-refractivity contribution in [3.63, 3.8) is 0 Å². The van der Waals surface area contributed by atoms with Crippen LogP contribution in [0.2, 0.25) is 10.0 Å². The second kappa shape index (κ2) is 11.6. The Kier molecular flexibility index (Phi) is 8.26. The molecule has 222 valence electrons. The van der Waals surface area contributed by atoms with Crippen molar-refractivity contribution in [2.45, 2.75) is 58.7 Å². The number of allylic oxidation sites excluding steroid dienone is 3. The van der Waals surface area contributed by atoms with Crippen LogP contribution < -0.4 is 15.4 Å². The normalized spacial score (nSPS) is 17.2. The van der Waals surface area contributed by atoms with Gasteiger partial charge in [-0.3, -0.25) is 9.69 Å². The summed E-state index contributed by atoms with van der Waals surface area (Å²) in [7, 11) is 0. The largest absolute Gasteiger partial charge is 0.489 e. The Bertz CT molecular complexity index is 1760. The molecule has 0 bridgehead atoms. The van der Waals surface area contributed by atoms with E-state index in [-0.39, 0.29) is 46.5 Å². The number of aryl methyl sites for hydroxylation is 2. The number of alkyl halides is 3. The lowest BCUT2D eigenvalue weighted by molar-refractivity contribution is -0.137. The number of rotatable bonds is 5. The maximum Gasteiger partial charge on any atom is 0.418 e. The van der Waals surface area contributed by atoms with Crippen molar-refractivity contribution in [1.29, 1.82) is 5.26 Å². The van der Waals surface area contributed by atoms with Crippen molar-refractivity contribution in [3.8, 4) is 11.8 Å². The molecule has 3 aromatic rings. The number of nitrogens with two attached hydrogens (primary N) is 1. The Morgan fingerprint density at radius 3 is 2.42 bits per heavy atom. The zero-order chi connectivity index (χ0) is 31.2. The van der Waals surface area contributed by atoms with Crippen molar-refractivity contribution < 1.29 is 22.7 Å². The Morgan fingerprint density at radius 2 is 1.74 bits per heavy atom. The van der Waals surface area contributed by atoms with Crippen molar-refractivity contribution >= 4 is 34.7 Å². The maximum absolute atomic E-state index is 14.2. The fraction of sp³-hybridized carbons (Fsp3) is 0.273. The minimum atomic E-state index is -4.76. The molecular weight excluding hydrogens is 598 g/mol. The first-order valence-electron chi connectivity index (χ1n) is 13.6. The van der Waals surface area contributed by atoms with Crippen molar-refractivity contribution in [2.24, 2.45) is 5.73 Å². The van der Waals surface area contributed by atoms with E-state index in [1.54, 1.807) is 18.2 Å². The van der Waals surface area contributed by atoms with Crippen LogP contribution in [0.25, 0.3) is 0 Å². The average molecular weight is 627 g/mol. The summed E-state index contributed by atoms with van der Waals surface area (Å²) in [5, 5.41) is 10.9. The number of Topliss-reactive ketones (excluding diaryl/α,β-unsaturated/α-hetero) is 1. The van der Waals surface area contributed by atoms with E-state index in [2.05, 4.69) is 6.07 Å². The van der Waals surface area contributed by atoms with Gasteiger partial charge >= 0.3 is 6.18 Å². The summed E-state index contributed by atoms with van der Waals surface area (Å²) in [6.45, 7) is 5.89. The van der Waals surface area contributed by atoms with E-state index < -0.39 is 17.7 Å². The topological polar surface area (TPSA) is 79.3 Å². The number of carbonyl (C=O) groups is 1. The molecule has 1 heterocycles. The van der Waals surface area contributed by atoms with E-state index in [1.165, 1.54) is 17.0 Å². The molecule has 0 spiro atoms. The van der Waals surface area contributed by atoms with Gasteiger partial charge in [-0.05, 0) is 92.3 Å². The van der Waals surface area contributed by atoms with Gasteiger partial charge in [0.1, 0.15) is 18.2 Å². The third kappa shape index (κ3) is 5.72. The number of hydrogen-bond acceptors (Lipinski definition) is 5. The second-order valence-corrected chi connectivity index (χ2v) is 11.7. The highest BCUT2D eigenvalue weighted by molar-refractivity contribution is 6.31. The number of anilines is 1. The second-order valence-electron chi connectivity index (χ2n) is 10.8. The van der Waals surface area contributed by atoms with E-state index in [0.29, 0.717) is 34.9 Å². The third-order valence-electron chi connectivity index (χ3n) is 7.95. The first kappa shape index (κ1) is 30.5. The lowest BCUT2D eigenvalue weighted by Gasteiger charge is -2.41. The zero-order valence-corrected chi connectivity index (χ0v) is 25.2. The number of carbonyl (C=O) groups excluding carboxylic acids is 1. The molecule has 10 heteroatoms. The number of ketones is 1. The highest BCUT2D eigenvalue weighted by Gasteiger charge is 2.44. The van der Waals surface area contributed by atoms with Gasteiger partial charge in [0.15, 0.2) is 5.78 Å². The minimum Gasteiger partial charge on any atom is -0.489 e. The average Bonchev–Trinajstić information content (AvgIpc) is 2.93. The quantitative estimate of drug-likeness (QED) is 0.306. The van der Waals surface area contributed by atoms with Crippen LogP contribution in [0.5, 0.6) is 5.75 Å². The highest BCUT2D eigenvalue weighted by Crippen LogP contribution is 2.50. The zero-order valence-electron chi connectivity index (χ0n) is 23.7. The number of benzene rings is 3. The van der Waals surface area contributed by atoms with Crippen LogP contribution in [0.3, 0.4) is 0 Å². The van der Waals surface area contributed by atoms with Gasteiger partial charge in [-0.25, -0.2) is 0 Å². The predicted molar refractivity (Wildman–Crippen MR) is 161 cm³/mol. The molecule has 0 saturated carbocycles. The molecule has 0 aromatic heterocycles. The summed E-state index contributed by atoms with van der Waals surface area (Å²) in [5.41, 5.74) is 10.0. The molecule has 5 nitrogen and oxygen atoms in total. The highest BCUT2D eigenvalue weighted by atomic mass is 35.5. The Morgan fingerprint density at radius 1 is 1.05 bits per heavy atom. The molecular formula is C33H28Cl2F3N3O2. The lowest BCUT2D eigenvalue weighted by atomic mass is 9.73. The molecule has 0 radical (unpaired) electrons. The SMILES string of the molecule is Cc1cc(COc2ccc(Cl)cc2C)c(C)c(C2C(C#N)=C(N)N(c3ccc(Cl)cc3C(F)(F)F)C3=C2C(=O)CCC3)c1. The first-order chi connectivity index (χ1) is 20.3. The van der Waals surface area contributed by atoms with Crippen LogP contribution in [0, 0.1) is 32.1 Å². The number of hydrogen-bond donors (Lipinski definition) is 1. The standard InChI is InChI=1S/C33H28Cl2F3N3O2/c1-17-11-20(16-43-29-10-8-21(34)13-18(29)2)19(3)23(12-17)30-24(15-39)32(40)41(27-5-4-6-28(42)31(27)30)26-9-7-22(35)14-25(26)33(36,37)38/h7-14,30H,4-6,16,40H2,1-3H3. The van der Waals surface area contributed by atoms with E-state index in [4.69, 9.17) is 33.7 Å². The minimum absolute atomic E-state index is 0.00573. The fourth-order valence-electron chi connectivity index (χ4n) is 5.95. The van der Waals surface area contributed by atoms with Gasteiger partial charge < -0.3 is 10.5 Å². The molecule has 2 N–H and O–H groups in total. The summed E-state index contributed by atoms with van der Waals surface area (Å²) in [5.74, 6) is -0.557. The van der Waals surface area contributed by atoms with Crippen molar-refractivity contribution in [1.82, 2.24) is 0 Å². The van der Waals surface area contributed by atoms with Crippen molar-refractivity contribution in [2.75, 3.05) is 4.90 Å². The smallest absolute Gasteiger partial charge is 0.418 e. The summed E-state index contributed by atoms with van der Waals surface area (Å²) < 4.78 is 48.7. The summed E-state index contributed by atoms with van der Waals surface area (Å²) >= 11 is 12.0. The molecule has 3 aromatic carbocycles. The van der Waals surface area contributed by atoms with E-state index in [1.807, 2.05) is 32.9 Å². The van der Waals surface area contributed by atoms with Crippen LogP contribution in [0.4, 0.5) is 18.9 Å².